The second kappa shape index (κ2) is 7.06. The zero-order valence-electron chi connectivity index (χ0n) is 13.9. The Morgan fingerprint density at radius 3 is 3.12 bits per heavy atom. The van der Waals surface area contributed by atoms with Gasteiger partial charge in [0, 0.05) is 56.1 Å². The zero-order valence-corrected chi connectivity index (χ0v) is 13.9. The van der Waals surface area contributed by atoms with Gasteiger partial charge in [0.1, 0.15) is 11.6 Å². The molecule has 0 spiro atoms. The maximum Gasteiger partial charge on any atom is 0.128 e. The number of halogens is 1. The van der Waals surface area contributed by atoms with Crippen LogP contribution in [0.5, 0.6) is 0 Å². The number of rotatable bonds is 6. The Morgan fingerprint density at radius 1 is 1.28 bits per heavy atom. The summed E-state index contributed by atoms with van der Waals surface area (Å²) in [7, 11) is 0. The van der Waals surface area contributed by atoms with E-state index in [-0.39, 0.29) is 5.82 Å². The first-order valence-corrected chi connectivity index (χ1v) is 8.47. The summed E-state index contributed by atoms with van der Waals surface area (Å²) in [6.45, 7) is 3.96. The van der Waals surface area contributed by atoms with Crippen molar-refractivity contribution in [2.24, 2.45) is 5.92 Å². The maximum atomic E-state index is 14.0. The molecule has 3 heterocycles. The number of aromatic nitrogens is 4. The zero-order chi connectivity index (χ0) is 17.1. The Morgan fingerprint density at radius 2 is 2.24 bits per heavy atom. The molecule has 7 heteroatoms. The lowest BCUT2D eigenvalue weighted by atomic mass is 10.1. The molecule has 1 aromatic carbocycles. The minimum Gasteiger partial charge on any atom is -0.370 e. The van der Waals surface area contributed by atoms with E-state index in [4.69, 9.17) is 0 Å². The topological polar surface area (TPSA) is 59.7 Å². The Hall–Kier alpha value is -2.67. The predicted molar refractivity (Wildman–Crippen MR) is 93.6 cm³/mol. The fraction of sp³-hybridized carbons (Fsp3) is 0.333. The van der Waals surface area contributed by atoms with Crippen molar-refractivity contribution < 1.29 is 4.39 Å². The molecule has 0 amide bonds. The van der Waals surface area contributed by atoms with Crippen molar-refractivity contribution in [1.29, 1.82) is 0 Å². The molecule has 130 valence electrons. The van der Waals surface area contributed by atoms with Crippen LogP contribution in [0, 0.1) is 11.7 Å². The van der Waals surface area contributed by atoms with Crippen LogP contribution < -0.4 is 10.6 Å². The first kappa shape index (κ1) is 15.8. The van der Waals surface area contributed by atoms with Crippen LogP contribution in [0.15, 0.2) is 49.2 Å². The molecule has 0 saturated heterocycles. The molecule has 4 rings (SSSR count). The lowest BCUT2D eigenvalue weighted by Crippen LogP contribution is -2.35. The van der Waals surface area contributed by atoms with Gasteiger partial charge in [-0.25, -0.2) is 14.1 Å². The molecule has 3 aromatic rings. The van der Waals surface area contributed by atoms with Gasteiger partial charge in [0.15, 0.2) is 0 Å². The molecule has 1 aliphatic rings. The minimum atomic E-state index is -0.180. The van der Waals surface area contributed by atoms with E-state index < -0.39 is 0 Å². The number of nitrogens with zero attached hydrogens (tertiary/aromatic N) is 4. The Bertz CT molecular complexity index is 826. The van der Waals surface area contributed by atoms with Crippen LogP contribution in [0.3, 0.4) is 0 Å². The first-order chi connectivity index (χ1) is 12.3. The number of hydrogen-bond donors (Lipinski definition) is 2. The molecule has 0 bridgehead atoms. The van der Waals surface area contributed by atoms with Gasteiger partial charge >= 0.3 is 0 Å². The second-order valence-electron chi connectivity index (χ2n) is 6.44. The number of benzene rings is 1. The summed E-state index contributed by atoms with van der Waals surface area (Å²) in [5.41, 5.74) is 1.76. The van der Waals surface area contributed by atoms with Crippen molar-refractivity contribution in [3.8, 4) is 0 Å². The second-order valence-corrected chi connectivity index (χ2v) is 6.44. The van der Waals surface area contributed by atoms with Gasteiger partial charge in [-0.15, -0.1) is 0 Å². The smallest absolute Gasteiger partial charge is 0.128 e. The normalized spacial score (nSPS) is 16.4. The van der Waals surface area contributed by atoms with Crippen LogP contribution in [-0.4, -0.2) is 32.4 Å². The Balaban J connectivity index is 1.32. The van der Waals surface area contributed by atoms with Gasteiger partial charge in [-0.3, -0.25) is 0 Å². The fourth-order valence-corrected chi connectivity index (χ4v) is 3.18. The molecule has 0 aliphatic carbocycles. The Labute approximate surface area is 145 Å². The summed E-state index contributed by atoms with van der Waals surface area (Å²) in [6.07, 6.45) is 7.05. The largest absolute Gasteiger partial charge is 0.370 e. The molecule has 1 atom stereocenters. The summed E-state index contributed by atoms with van der Waals surface area (Å²) >= 11 is 0. The van der Waals surface area contributed by atoms with Gasteiger partial charge in [-0.05, 0) is 17.7 Å². The number of nitrogens with one attached hydrogen (secondary N) is 2. The molecular formula is C18H21FN6. The summed E-state index contributed by atoms with van der Waals surface area (Å²) in [5.74, 6) is 1.39. The fourth-order valence-electron chi connectivity index (χ4n) is 3.18. The van der Waals surface area contributed by atoms with Gasteiger partial charge in [0.05, 0.1) is 19.1 Å². The number of imidazole rings is 1. The highest BCUT2D eigenvalue weighted by Gasteiger charge is 2.17. The molecule has 1 aliphatic heterocycles. The van der Waals surface area contributed by atoms with Crippen molar-refractivity contribution in [3.05, 3.63) is 66.1 Å². The minimum absolute atomic E-state index is 0.180. The van der Waals surface area contributed by atoms with E-state index in [0.29, 0.717) is 18.0 Å². The summed E-state index contributed by atoms with van der Waals surface area (Å²) in [4.78, 5) is 4.00. The average molecular weight is 340 g/mol. The molecule has 2 aromatic heterocycles. The standard InChI is InChI=1S/C18H21FN6/c19-17-2-1-14(7-16(17)12-24-6-5-20-13-24)8-21-9-15-10-22-18-3-4-23-25(18)11-15/h1-7,13,15,21-22H,8-12H2. The van der Waals surface area contributed by atoms with Gasteiger partial charge in [-0.1, -0.05) is 6.07 Å². The van der Waals surface area contributed by atoms with E-state index in [9.17, 15) is 4.39 Å². The predicted octanol–water partition coefficient (Wildman–Crippen LogP) is 2.10. The van der Waals surface area contributed by atoms with Crippen LogP contribution in [-0.2, 0) is 19.6 Å². The van der Waals surface area contributed by atoms with Gasteiger partial charge in [0.25, 0.3) is 0 Å². The highest BCUT2D eigenvalue weighted by molar-refractivity contribution is 5.35. The average Bonchev–Trinajstić information content (AvgIpc) is 3.29. The summed E-state index contributed by atoms with van der Waals surface area (Å²) in [5, 5.41) is 11.2. The van der Waals surface area contributed by atoms with Crippen LogP contribution in [0.25, 0.3) is 0 Å². The molecule has 0 radical (unpaired) electrons. The third kappa shape index (κ3) is 3.71. The number of fused-ring (bicyclic) bond motifs is 1. The van der Waals surface area contributed by atoms with E-state index >= 15 is 0 Å². The van der Waals surface area contributed by atoms with E-state index in [2.05, 4.69) is 20.7 Å². The van der Waals surface area contributed by atoms with Crippen molar-refractivity contribution >= 4 is 5.82 Å². The third-order valence-corrected chi connectivity index (χ3v) is 4.50. The molecule has 0 saturated carbocycles. The van der Waals surface area contributed by atoms with Gasteiger partial charge < -0.3 is 15.2 Å². The third-order valence-electron chi connectivity index (χ3n) is 4.50. The quantitative estimate of drug-likeness (QED) is 0.721. The number of hydrogen-bond acceptors (Lipinski definition) is 4. The monoisotopic (exact) mass is 340 g/mol. The SMILES string of the molecule is Fc1ccc(CNCC2CNc3ccnn3C2)cc1Cn1ccnc1. The molecule has 2 N–H and O–H groups in total. The van der Waals surface area contributed by atoms with Crippen LogP contribution in [0.4, 0.5) is 10.2 Å². The summed E-state index contributed by atoms with van der Waals surface area (Å²) < 4.78 is 17.9. The van der Waals surface area contributed by atoms with Crippen LogP contribution in [0.2, 0.25) is 0 Å². The highest BCUT2D eigenvalue weighted by Crippen LogP contribution is 2.16. The van der Waals surface area contributed by atoms with Crippen molar-refractivity contribution in [1.82, 2.24) is 24.6 Å². The van der Waals surface area contributed by atoms with Gasteiger partial charge in [0.2, 0.25) is 0 Å². The molecule has 6 nitrogen and oxygen atoms in total. The molecule has 1 unspecified atom stereocenters. The van der Waals surface area contributed by atoms with E-state index in [1.165, 1.54) is 0 Å². The summed E-state index contributed by atoms with van der Waals surface area (Å²) in [6, 6.07) is 7.29. The van der Waals surface area contributed by atoms with Crippen molar-refractivity contribution in [2.75, 3.05) is 18.4 Å². The van der Waals surface area contributed by atoms with E-state index in [0.717, 1.165) is 37.6 Å². The molecular weight excluding hydrogens is 319 g/mol. The highest BCUT2D eigenvalue weighted by atomic mass is 19.1. The molecule has 25 heavy (non-hydrogen) atoms. The van der Waals surface area contributed by atoms with Crippen LogP contribution >= 0.6 is 0 Å². The van der Waals surface area contributed by atoms with E-state index in [1.54, 1.807) is 18.6 Å². The lowest BCUT2D eigenvalue weighted by Gasteiger charge is -2.25. The lowest BCUT2D eigenvalue weighted by molar-refractivity contribution is 0.391. The maximum absolute atomic E-state index is 14.0. The van der Waals surface area contributed by atoms with Gasteiger partial charge in [-0.2, -0.15) is 5.10 Å². The molecule has 0 fully saturated rings. The van der Waals surface area contributed by atoms with Crippen molar-refractivity contribution in [3.63, 3.8) is 0 Å². The van der Waals surface area contributed by atoms with E-state index in [1.807, 2.05) is 39.8 Å². The first-order valence-electron chi connectivity index (χ1n) is 8.47. The van der Waals surface area contributed by atoms with Crippen LogP contribution in [0.1, 0.15) is 11.1 Å². The van der Waals surface area contributed by atoms with Crippen molar-refractivity contribution in [2.45, 2.75) is 19.6 Å². The number of anilines is 1. The Kier molecular flexibility index (Phi) is 4.47.